The molecule has 0 amide bonds. The van der Waals surface area contributed by atoms with Gasteiger partial charge in [0.25, 0.3) is 0 Å². The minimum Gasteiger partial charge on any atom is -0.259 e. The Kier molecular flexibility index (Phi) is 2.05. The molecule has 0 saturated heterocycles. The average molecular weight is 203 g/mol. The SMILES string of the molecule is Cc1[c]nn(CC(F)(F)F)c1C1CC1. The average Bonchev–Trinajstić information content (AvgIpc) is 2.77. The summed E-state index contributed by atoms with van der Waals surface area (Å²) in [7, 11) is 0. The molecule has 0 aliphatic heterocycles. The molecule has 77 valence electrons. The van der Waals surface area contributed by atoms with Crippen LogP contribution in [-0.4, -0.2) is 16.0 Å². The summed E-state index contributed by atoms with van der Waals surface area (Å²) in [5.74, 6) is 0.274. The summed E-state index contributed by atoms with van der Waals surface area (Å²) in [5, 5.41) is 3.63. The first-order valence-corrected chi connectivity index (χ1v) is 4.49. The van der Waals surface area contributed by atoms with Crippen LogP contribution in [0.15, 0.2) is 0 Å². The fraction of sp³-hybridized carbons (Fsp3) is 0.667. The fourth-order valence-corrected chi connectivity index (χ4v) is 1.60. The van der Waals surface area contributed by atoms with E-state index in [4.69, 9.17) is 0 Å². The summed E-state index contributed by atoms with van der Waals surface area (Å²) < 4.78 is 37.5. The van der Waals surface area contributed by atoms with Crippen LogP contribution in [0.1, 0.15) is 30.0 Å². The number of nitrogens with zero attached hydrogens (tertiary/aromatic N) is 2. The highest BCUT2D eigenvalue weighted by atomic mass is 19.4. The van der Waals surface area contributed by atoms with E-state index in [1.165, 1.54) is 0 Å². The van der Waals surface area contributed by atoms with Gasteiger partial charge in [-0.1, -0.05) is 0 Å². The van der Waals surface area contributed by atoms with E-state index in [0.717, 1.165) is 23.1 Å². The monoisotopic (exact) mass is 203 g/mol. The van der Waals surface area contributed by atoms with Crippen LogP contribution in [0.4, 0.5) is 13.2 Å². The lowest BCUT2D eigenvalue weighted by molar-refractivity contribution is -0.143. The minimum atomic E-state index is -4.20. The van der Waals surface area contributed by atoms with Crippen molar-refractivity contribution < 1.29 is 13.2 Å². The minimum absolute atomic E-state index is 0.274. The lowest BCUT2D eigenvalue weighted by atomic mass is 10.2. The van der Waals surface area contributed by atoms with Crippen LogP contribution in [-0.2, 0) is 6.54 Å². The lowest BCUT2D eigenvalue weighted by Gasteiger charge is -2.10. The Bertz CT molecular complexity index is 336. The van der Waals surface area contributed by atoms with E-state index < -0.39 is 12.7 Å². The second-order valence-corrected chi connectivity index (χ2v) is 3.67. The molecule has 2 rings (SSSR count). The highest BCUT2D eigenvalue weighted by Crippen LogP contribution is 2.41. The molecule has 0 unspecified atom stereocenters. The van der Waals surface area contributed by atoms with Gasteiger partial charge in [-0.2, -0.15) is 18.3 Å². The normalized spacial score (nSPS) is 17.4. The molecule has 5 heteroatoms. The molecule has 1 radical (unpaired) electrons. The first-order chi connectivity index (χ1) is 6.47. The first-order valence-electron chi connectivity index (χ1n) is 4.49. The maximum Gasteiger partial charge on any atom is 0.408 e. The third kappa shape index (κ3) is 1.91. The summed E-state index contributed by atoms with van der Waals surface area (Å²) in [6.07, 6.45) is 0.337. The summed E-state index contributed by atoms with van der Waals surface area (Å²) in [6.45, 7) is 0.761. The van der Waals surface area contributed by atoms with E-state index in [9.17, 15) is 13.2 Å². The molecule has 1 fully saturated rings. The second kappa shape index (κ2) is 3.00. The predicted octanol–water partition coefficient (Wildman–Crippen LogP) is 2.43. The molecule has 1 aliphatic rings. The van der Waals surface area contributed by atoms with Crippen molar-refractivity contribution in [3.63, 3.8) is 0 Å². The Morgan fingerprint density at radius 3 is 2.64 bits per heavy atom. The van der Waals surface area contributed by atoms with Crippen LogP contribution in [0, 0.1) is 13.1 Å². The topological polar surface area (TPSA) is 17.8 Å². The summed E-state index contributed by atoms with van der Waals surface area (Å²) in [6, 6.07) is 0. The molecule has 0 aromatic carbocycles. The maximum atomic E-state index is 12.1. The van der Waals surface area contributed by atoms with Crippen molar-refractivity contribution in [1.82, 2.24) is 9.78 Å². The van der Waals surface area contributed by atoms with Gasteiger partial charge in [-0.05, 0) is 19.8 Å². The van der Waals surface area contributed by atoms with Crippen LogP contribution in [0.5, 0.6) is 0 Å². The Morgan fingerprint density at radius 2 is 2.14 bits per heavy atom. The number of rotatable bonds is 2. The predicted molar refractivity (Wildman–Crippen MR) is 43.8 cm³/mol. The van der Waals surface area contributed by atoms with Gasteiger partial charge in [-0.25, -0.2) is 0 Å². The number of aromatic nitrogens is 2. The van der Waals surface area contributed by atoms with E-state index in [2.05, 4.69) is 11.3 Å². The van der Waals surface area contributed by atoms with Gasteiger partial charge in [0, 0.05) is 17.2 Å². The number of alkyl halides is 3. The maximum absolute atomic E-state index is 12.1. The van der Waals surface area contributed by atoms with E-state index in [1.54, 1.807) is 6.92 Å². The van der Waals surface area contributed by atoms with Gasteiger partial charge in [0.15, 0.2) is 0 Å². The Balaban J connectivity index is 2.24. The smallest absolute Gasteiger partial charge is 0.259 e. The van der Waals surface area contributed by atoms with E-state index in [-0.39, 0.29) is 5.92 Å². The van der Waals surface area contributed by atoms with Crippen molar-refractivity contribution in [2.24, 2.45) is 0 Å². The molecule has 0 atom stereocenters. The zero-order chi connectivity index (χ0) is 10.3. The Labute approximate surface area is 79.7 Å². The fourth-order valence-electron chi connectivity index (χ4n) is 1.60. The molecular weight excluding hydrogens is 193 g/mol. The van der Waals surface area contributed by atoms with Gasteiger partial charge in [0.1, 0.15) is 12.7 Å². The van der Waals surface area contributed by atoms with Gasteiger partial charge in [-0.15, -0.1) is 0 Å². The van der Waals surface area contributed by atoms with Crippen molar-refractivity contribution in [2.75, 3.05) is 0 Å². The van der Waals surface area contributed by atoms with Crippen LogP contribution in [0.25, 0.3) is 0 Å². The van der Waals surface area contributed by atoms with Crippen LogP contribution in [0.2, 0.25) is 0 Å². The third-order valence-corrected chi connectivity index (χ3v) is 2.29. The number of hydrogen-bond acceptors (Lipinski definition) is 1. The van der Waals surface area contributed by atoms with Crippen molar-refractivity contribution in [2.45, 2.75) is 38.4 Å². The molecule has 0 N–H and O–H groups in total. The van der Waals surface area contributed by atoms with Crippen molar-refractivity contribution in [3.05, 3.63) is 17.5 Å². The first kappa shape index (κ1) is 9.55. The summed E-state index contributed by atoms with van der Waals surface area (Å²) in [5.41, 5.74) is 1.46. The van der Waals surface area contributed by atoms with E-state index in [0.29, 0.717) is 5.69 Å². The number of halogens is 3. The molecule has 0 spiro atoms. The highest BCUT2D eigenvalue weighted by Gasteiger charge is 2.34. The van der Waals surface area contributed by atoms with Crippen LogP contribution < -0.4 is 0 Å². The van der Waals surface area contributed by atoms with Crippen molar-refractivity contribution in [3.8, 4) is 0 Å². The Hall–Kier alpha value is -1.00. The molecule has 14 heavy (non-hydrogen) atoms. The van der Waals surface area contributed by atoms with Gasteiger partial charge < -0.3 is 0 Å². The molecule has 1 aromatic heterocycles. The molecule has 1 aliphatic carbocycles. The quantitative estimate of drug-likeness (QED) is 0.721. The van der Waals surface area contributed by atoms with Gasteiger partial charge >= 0.3 is 6.18 Å². The van der Waals surface area contributed by atoms with E-state index >= 15 is 0 Å². The van der Waals surface area contributed by atoms with Crippen LogP contribution >= 0.6 is 0 Å². The molecule has 0 bridgehead atoms. The zero-order valence-electron chi connectivity index (χ0n) is 7.73. The summed E-state index contributed by atoms with van der Waals surface area (Å²) in [4.78, 5) is 0. The second-order valence-electron chi connectivity index (χ2n) is 3.67. The van der Waals surface area contributed by atoms with Gasteiger partial charge in [0.05, 0.1) is 0 Å². The number of aryl methyl sites for hydroxylation is 1. The van der Waals surface area contributed by atoms with Gasteiger partial charge in [0.2, 0.25) is 0 Å². The molecule has 1 saturated carbocycles. The van der Waals surface area contributed by atoms with Crippen molar-refractivity contribution in [1.29, 1.82) is 0 Å². The van der Waals surface area contributed by atoms with Crippen LogP contribution in [0.3, 0.4) is 0 Å². The zero-order valence-corrected chi connectivity index (χ0v) is 7.73. The summed E-state index contributed by atoms with van der Waals surface area (Å²) >= 11 is 0. The molecule has 2 nitrogen and oxygen atoms in total. The highest BCUT2D eigenvalue weighted by molar-refractivity contribution is 5.23. The number of hydrogen-bond donors (Lipinski definition) is 0. The Morgan fingerprint density at radius 1 is 1.50 bits per heavy atom. The molecule has 1 heterocycles. The molecular formula is C9H10F3N2. The molecule has 1 aromatic rings. The standard InChI is InChI=1S/C9H10F3N2/c1-6-4-13-14(5-9(10,11)12)8(6)7-2-3-7/h7H,2-3,5H2,1H3. The van der Waals surface area contributed by atoms with Crippen molar-refractivity contribution >= 4 is 0 Å². The van der Waals surface area contributed by atoms with Gasteiger partial charge in [-0.3, -0.25) is 4.68 Å². The largest absolute Gasteiger partial charge is 0.408 e. The lowest BCUT2D eigenvalue weighted by Crippen LogP contribution is -2.20. The third-order valence-electron chi connectivity index (χ3n) is 2.29. The van der Waals surface area contributed by atoms with E-state index in [1.807, 2.05) is 0 Å².